The maximum Gasteiger partial charge on any atom is 0.0421 e. The summed E-state index contributed by atoms with van der Waals surface area (Å²) in [5.74, 6) is 0. The Hall–Kier alpha value is -1.87. The molecule has 0 saturated heterocycles. The fourth-order valence-electron chi connectivity index (χ4n) is 2.17. The van der Waals surface area contributed by atoms with Gasteiger partial charge in [-0.15, -0.1) is 0 Å². The second kappa shape index (κ2) is 6.34. The van der Waals surface area contributed by atoms with Gasteiger partial charge in [-0.05, 0) is 30.7 Å². The molecule has 0 aliphatic heterocycles. The van der Waals surface area contributed by atoms with Crippen LogP contribution >= 0.6 is 0 Å². The molecular formula is C16H21N3. The summed E-state index contributed by atoms with van der Waals surface area (Å²) in [5, 5.41) is 0. The standard InChI is InChI=1S/C16H21N3/c1-13(17)15-8-3-4-9-16(15)19(2)12-10-14-7-5-6-11-18-14/h3-9,11,13H,10,12,17H2,1-2H3/t13-/m0/s1. The third-order valence-corrected chi connectivity index (χ3v) is 3.27. The van der Waals surface area contributed by atoms with Crippen LogP contribution in [0.3, 0.4) is 0 Å². The van der Waals surface area contributed by atoms with Gasteiger partial charge in [-0.3, -0.25) is 4.98 Å². The molecule has 0 aliphatic carbocycles. The first-order valence-electron chi connectivity index (χ1n) is 6.64. The van der Waals surface area contributed by atoms with Crippen LogP contribution in [0.2, 0.25) is 0 Å². The van der Waals surface area contributed by atoms with E-state index in [0.29, 0.717) is 0 Å². The number of anilines is 1. The monoisotopic (exact) mass is 255 g/mol. The molecule has 19 heavy (non-hydrogen) atoms. The number of aromatic nitrogens is 1. The maximum absolute atomic E-state index is 6.02. The Morgan fingerprint density at radius 2 is 1.89 bits per heavy atom. The van der Waals surface area contributed by atoms with Crippen molar-refractivity contribution < 1.29 is 0 Å². The predicted octanol–water partition coefficient (Wildman–Crippen LogP) is 2.78. The van der Waals surface area contributed by atoms with Crippen molar-refractivity contribution in [3.63, 3.8) is 0 Å². The van der Waals surface area contributed by atoms with Gasteiger partial charge in [0.05, 0.1) is 0 Å². The molecule has 0 radical (unpaired) electrons. The highest BCUT2D eigenvalue weighted by Crippen LogP contribution is 2.23. The highest BCUT2D eigenvalue weighted by atomic mass is 15.1. The van der Waals surface area contributed by atoms with E-state index in [1.54, 1.807) is 0 Å². The molecule has 0 aliphatic rings. The normalized spacial score (nSPS) is 12.2. The van der Waals surface area contributed by atoms with Gasteiger partial charge in [-0.25, -0.2) is 0 Å². The molecule has 1 aromatic heterocycles. The number of hydrogen-bond donors (Lipinski definition) is 1. The van der Waals surface area contributed by atoms with Crippen LogP contribution in [0.15, 0.2) is 48.7 Å². The minimum atomic E-state index is 0.0495. The smallest absolute Gasteiger partial charge is 0.0421 e. The van der Waals surface area contributed by atoms with Gasteiger partial charge in [0.1, 0.15) is 0 Å². The largest absolute Gasteiger partial charge is 0.374 e. The predicted molar refractivity (Wildman–Crippen MR) is 80.3 cm³/mol. The highest BCUT2D eigenvalue weighted by molar-refractivity contribution is 5.54. The first-order chi connectivity index (χ1) is 9.18. The SMILES string of the molecule is C[C@H](N)c1ccccc1N(C)CCc1ccccn1. The molecule has 0 fully saturated rings. The van der Waals surface area contributed by atoms with Crippen LogP contribution < -0.4 is 10.6 Å². The van der Waals surface area contributed by atoms with E-state index < -0.39 is 0 Å². The van der Waals surface area contributed by atoms with Crippen LogP contribution in [-0.4, -0.2) is 18.6 Å². The fraction of sp³-hybridized carbons (Fsp3) is 0.312. The lowest BCUT2D eigenvalue weighted by Gasteiger charge is -2.23. The average molecular weight is 255 g/mol. The van der Waals surface area contributed by atoms with Crippen molar-refractivity contribution in [2.45, 2.75) is 19.4 Å². The van der Waals surface area contributed by atoms with Crippen molar-refractivity contribution in [3.05, 3.63) is 59.9 Å². The van der Waals surface area contributed by atoms with Crippen LogP contribution in [-0.2, 0) is 6.42 Å². The Bertz CT molecular complexity index is 508. The third-order valence-electron chi connectivity index (χ3n) is 3.27. The molecule has 0 saturated carbocycles. The van der Waals surface area contributed by atoms with E-state index in [4.69, 9.17) is 5.73 Å². The number of likely N-dealkylation sites (N-methyl/N-ethyl adjacent to an activating group) is 1. The summed E-state index contributed by atoms with van der Waals surface area (Å²) < 4.78 is 0. The molecule has 2 N–H and O–H groups in total. The summed E-state index contributed by atoms with van der Waals surface area (Å²) in [6.45, 7) is 2.95. The molecule has 0 unspecified atom stereocenters. The van der Waals surface area contributed by atoms with E-state index in [0.717, 1.165) is 18.7 Å². The molecule has 0 amide bonds. The van der Waals surface area contributed by atoms with E-state index in [2.05, 4.69) is 41.2 Å². The van der Waals surface area contributed by atoms with E-state index >= 15 is 0 Å². The topological polar surface area (TPSA) is 42.1 Å². The zero-order valence-corrected chi connectivity index (χ0v) is 11.6. The Labute approximate surface area is 115 Å². The average Bonchev–Trinajstić information content (AvgIpc) is 2.46. The Morgan fingerprint density at radius 1 is 1.16 bits per heavy atom. The van der Waals surface area contributed by atoms with E-state index in [9.17, 15) is 0 Å². The van der Waals surface area contributed by atoms with Crippen molar-refractivity contribution in [1.29, 1.82) is 0 Å². The summed E-state index contributed by atoms with van der Waals surface area (Å²) in [4.78, 5) is 6.59. The van der Waals surface area contributed by atoms with Crippen molar-refractivity contribution in [2.75, 3.05) is 18.5 Å². The minimum Gasteiger partial charge on any atom is -0.374 e. The zero-order chi connectivity index (χ0) is 13.7. The van der Waals surface area contributed by atoms with Gasteiger partial charge >= 0.3 is 0 Å². The van der Waals surface area contributed by atoms with Gasteiger partial charge in [0.15, 0.2) is 0 Å². The van der Waals surface area contributed by atoms with Gasteiger partial charge < -0.3 is 10.6 Å². The van der Waals surface area contributed by atoms with Crippen molar-refractivity contribution in [3.8, 4) is 0 Å². The van der Waals surface area contributed by atoms with Gasteiger partial charge in [-0.1, -0.05) is 24.3 Å². The molecule has 3 heteroatoms. The van der Waals surface area contributed by atoms with Crippen LogP contribution in [0.1, 0.15) is 24.2 Å². The van der Waals surface area contributed by atoms with Gasteiger partial charge in [0.2, 0.25) is 0 Å². The van der Waals surface area contributed by atoms with Gasteiger partial charge in [0, 0.05) is 43.6 Å². The van der Waals surface area contributed by atoms with Crippen LogP contribution in [0.25, 0.3) is 0 Å². The Balaban J connectivity index is 2.06. The summed E-state index contributed by atoms with van der Waals surface area (Å²) in [5.41, 5.74) is 9.53. The molecule has 2 rings (SSSR count). The first-order valence-corrected chi connectivity index (χ1v) is 6.64. The van der Waals surface area contributed by atoms with Crippen molar-refractivity contribution >= 4 is 5.69 Å². The summed E-state index contributed by atoms with van der Waals surface area (Å²) in [6.07, 6.45) is 2.77. The number of benzene rings is 1. The number of nitrogens with two attached hydrogens (primary N) is 1. The lowest BCUT2D eigenvalue weighted by atomic mass is 10.1. The number of rotatable bonds is 5. The molecule has 1 heterocycles. The summed E-state index contributed by atoms with van der Waals surface area (Å²) >= 11 is 0. The number of pyridine rings is 1. The minimum absolute atomic E-state index is 0.0495. The molecular weight excluding hydrogens is 234 g/mol. The van der Waals surface area contributed by atoms with E-state index in [1.165, 1.54) is 11.3 Å². The second-order valence-corrected chi connectivity index (χ2v) is 4.84. The van der Waals surface area contributed by atoms with Crippen LogP contribution in [0.4, 0.5) is 5.69 Å². The van der Waals surface area contributed by atoms with E-state index in [1.807, 2.05) is 31.3 Å². The van der Waals surface area contributed by atoms with Gasteiger partial charge in [-0.2, -0.15) is 0 Å². The van der Waals surface area contributed by atoms with Crippen LogP contribution in [0.5, 0.6) is 0 Å². The van der Waals surface area contributed by atoms with Gasteiger partial charge in [0.25, 0.3) is 0 Å². The van der Waals surface area contributed by atoms with Crippen molar-refractivity contribution in [1.82, 2.24) is 4.98 Å². The fourth-order valence-corrected chi connectivity index (χ4v) is 2.17. The molecule has 1 atom stereocenters. The molecule has 3 nitrogen and oxygen atoms in total. The molecule has 100 valence electrons. The van der Waals surface area contributed by atoms with Crippen LogP contribution in [0, 0.1) is 0 Å². The molecule has 2 aromatic rings. The lowest BCUT2D eigenvalue weighted by Crippen LogP contribution is -2.23. The molecule has 0 bridgehead atoms. The number of nitrogens with zero attached hydrogens (tertiary/aromatic N) is 2. The number of para-hydroxylation sites is 1. The zero-order valence-electron chi connectivity index (χ0n) is 11.6. The highest BCUT2D eigenvalue weighted by Gasteiger charge is 2.09. The lowest BCUT2D eigenvalue weighted by molar-refractivity contribution is 0.792. The quantitative estimate of drug-likeness (QED) is 0.893. The van der Waals surface area contributed by atoms with E-state index in [-0.39, 0.29) is 6.04 Å². The third kappa shape index (κ3) is 3.55. The van der Waals surface area contributed by atoms with Crippen molar-refractivity contribution in [2.24, 2.45) is 5.73 Å². The summed E-state index contributed by atoms with van der Waals surface area (Å²) in [7, 11) is 2.10. The second-order valence-electron chi connectivity index (χ2n) is 4.84. The number of hydrogen-bond acceptors (Lipinski definition) is 3. The Morgan fingerprint density at radius 3 is 2.58 bits per heavy atom. The maximum atomic E-state index is 6.02. The molecule has 0 spiro atoms. The summed E-state index contributed by atoms with van der Waals surface area (Å²) in [6, 6.07) is 14.4. The Kier molecular flexibility index (Phi) is 4.53. The first kappa shape index (κ1) is 13.6. The molecule has 1 aromatic carbocycles.